The fourth-order valence-corrected chi connectivity index (χ4v) is 2.44. The molecule has 0 radical (unpaired) electrons. The first-order valence-corrected chi connectivity index (χ1v) is 4.54. The van der Waals surface area contributed by atoms with Crippen molar-refractivity contribution in [2.45, 2.75) is 24.7 Å². The maximum absolute atomic E-state index is 5.49. The van der Waals surface area contributed by atoms with E-state index in [0.717, 1.165) is 9.55 Å². The number of amidine groups is 1. The van der Waals surface area contributed by atoms with E-state index in [4.69, 9.17) is 5.73 Å². The Morgan fingerprint density at radius 2 is 2.25 bits per heavy atom. The predicted octanol–water partition coefficient (Wildman–Crippen LogP) is 0.216. The minimum absolute atomic E-state index is 0.481. The van der Waals surface area contributed by atoms with Crippen LogP contribution >= 0.6 is 0 Å². The number of nitrogens with two attached hydrogens (primary N) is 1. The molecule has 2 N–H and O–H groups in total. The standard InChI is InChI=1S/C5H10N2Se/c1-3-4(2)8-5(6)7-3/h3-4H,1-2H3,(H2,6,7). The third-order valence-corrected chi connectivity index (χ3v) is 3.65. The van der Waals surface area contributed by atoms with Crippen LogP contribution in [0.25, 0.3) is 0 Å². The molecule has 2 nitrogen and oxygen atoms in total. The summed E-state index contributed by atoms with van der Waals surface area (Å²) in [6, 6.07) is 0.481. The van der Waals surface area contributed by atoms with Gasteiger partial charge in [0.05, 0.1) is 0 Å². The van der Waals surface area contributed by atoms with Gasteiger partial charge in [0.1, 0.15) is 0 Å². The van der Waals surface area contributed by atoms with Crippen molar-refractivity contribution in [3.05, 3.63) is 0 Å². The van der Waals surface area contributed by atoms with E-state index in [1.807, 2.05) is 0 Å². The Morgan fingerprint density at radius 3 is 2.38 bits per heavy atom. The van der Waals surface area contributed by atoms with Crippen LogP contribution in [0.2, 0.25) is 4.82 Å². The maximum atomic E-state index is 5.49. The molecule has 0 saturated heterocycles. The van der Waals surface area contributed by atoms with Gasteiger partial charge in [0.25, 0.3) is 0 Å². The van der Waals surface area contributed by atoms with E-state index >= 15 is 0 Å². The molecule has 0 amide bonds. The zero-order valence-corrected chi connectivity index (χ0v) is 6.80. The molecule has 0 saturated carbocycles. The SMILES string of the molecule is CC1N=C(N)[Se]C1C. The van der Waals surface area contributed by atoms with Crippen molar-refractivity contribution in [1.82, 2.24) is 0 Å². The monoisotopic (exact) mass is 178 g/mol. The second kappa shape index (κ2) is 2.08. The van der Waals surface area contributed by atoms with E-state index in [9.17, 15) is 0 Å². The molecule has 1 rings (SSSR count). The molecule has 0 aromatic rings. The molecule has 46 valence electrons. The number of aliphatic imine (C=N–C) groups is 1. The van der Waals surface area contributed by atoms with Crippen LogP contribution in [-0.4, -0.2) is 25.7 Å². The summed E-state index contributed by atoms with van der Waals surface area (Å²) in [6.07, 6.45) is 0. The predicted molar refractivity (Wildman–Crippen MR) is 36.3 cm³/mol. The third-order valence-electron chi connectivity index (χ3n) is 1.32. The van der Waals surface area contributed by atoms with Crippen molar-refractivity contribution in [3.8, 4) is 0 Å². The van der Waals surface area contributed by atoms with Crippen molar-refractivity contribution < 1.29 is 0 Å². The Kier molecular flexibility index (Phi) is 1.59. The Morgan fingerprint density at radius 1 is 1.62 bits per heavy atom. The molecule has 0 aromatic heterocycles. The molecule has 8 heavy (non-hydrogen) atoms. The Labute approximate surface area is 55.7 Å². The van der Waals surface area contributed by atoms with Gasteiger partial charge in [0, 0.05) is 0 Å². The van der Waals surface area contributed by atoms with Crippen LogP contribution < -0.4 is 5.73 Å². The summed E-state index contributed by atoms with van der Waals surface area (Å²) < 4.78 is 0.887. The first-order chi connectivity index (χ1) is 3.70. The van der Waals surface area contributed by atoms with E-state index in [1.54, 1.807) is 0 Å². The Bertz CT molecular complexity index is 122. The molecule has 0 bridgehead atoms. The van der Waals surface area contributed by atoms with Crippen molar-refractivity contribution in [1.29, 1.82) is 0 Å². The molecule has 0 spiro atoms. The molecule has 3 heteroatoms. The topological polar surface area (TPSA) is 38.4 Å². The summed E-state index contributed by atoms with van der Waals surface area (Å²) in [6.45, 7) is 4.32. The van der Waals surface area contributed by atoms with Crippen LogP contribution in [0.4, 0.5) is 0 Å². The van der Waals surface area contributed by atoms with Crippen LogP contribution in [0.3, 0.4) is 0 Å². The van der Waals surface area contributed by atoms with E-state index in [1.165, 1.54) is 0 Å². The average molecular weight is 177 g/mol. The first-order valence-electron chi connectivity index (χ1n) is 2.70. The number of rotatable bonds is 0. The van der Waals surface area contributed by atoms with Gasteiger partial charge in [-0.2, -0.15) is 0 Å². The molecule has 1 aliphatic rings. The molecule has 1 aliphatic heterocycles. The van der Waals surface area contributed by atoms with Crippen molar-refractivity contribution in [2.75, 3.05) is 0 Å². The van der Waals surface area contributed by atoms with Crippen molar-refractivity contribution in [3.63, 3.8) is 0 Å². The van der Waals surface area contributed by atoms with Crippen molar-refractivity contribution in [2.24, 2.45) is 10.7 Å². The fraction of sp³-hybridized carbons (Fsp3) is 0.800. The van der Waals surface area contributed by atoms with Gasteiger partial charge in [0.15, 0.2) is 0 Å². The third kappa shape index (κ3) is 1.04. The molecular formula is C5H10N2Se. The number of nitrogens with zero attached hydrogens (tertiary/aromatic N) is 1. The molecule has 0 aliphatic carbocycles. The van der Waals surface area contributed by atoms with Gasteiger partial charge in [-0.3, -0.25) is 0 Å². The quantitative estimate of drug-likeness (QED) is 0.528. The second-order valence-corrected chi connectivity index (χ2v) is 4.96. The number of hydrogen-bond donors (Lipinski definition) is 1. The van der Waals surface area contributed by atoms with E-state index in [2.05, 4.69) is 18.8 Å². The molecule has 0 fully saturated rings. The molecule has 1 heterocycles. The Hall–Kier alpha value is -0.0105. The van der Waals surface area contributed by atoms with Crippen LogP contribution in [0, 0.1) is 0 Å². The summed E-state index contributed by atoms with van der Waals surface area (Å²) in [5.74, 6) is 0. The summed E-state index contributed by atoms with van der Waals surface area (Å²) in [7, 11) is 0. The van der Waals surface area contributed by atoms with Crippen LogP contribution in [0.1, 0.15) is 13.8 Å². The van der Waals surface area contributed by atoms with Gasteiger partial charge >= 0.3 is 55.1 Å². The van der Waals surface area contributed by atoms with Gasteiger partial charge in [0.2, 0.25) is 0 Å². The molecule has 2 atom stereocenters. The van der Waals surface area contributed by atoms with E-state index in [-0.39, 0.29) is 0 Å². The van der Waals surface area contributed by atoms with Gasteiger partial charge in [-0.15, -0.1) is 0 Å². The number of hydrogen-bond acceptors (Lipinski definition) is 2. The zero-order chi connectivity index (χ0) is 6.15. The van der Waals surface area contributed by atoms with E-state index < -0.39 is 0 Å². The second-order valence-electron chi connectivity index (χ2n) is 2.03. The molecule has 0 aromatic carbocycles. The van der Waals surface area contributed by atoms with E-state index in [0.29, 0.717) is 21.0 Å². The van der Waals surface area contributed by atoms with Gasteiger partial charge in [-0.1, -0.05) is 0 Å². The van der Waals surface area contributed by atoms with Gasteiger partial charge in [-0.25, -0.2) is 0 Å². The van der Waals surface area contributed by atoms with Crippen LogP contribution in [-0.2, 0) is 0 Å². The normalized spacial score (nSPS) is 37.5. The summed E-state index contributed by atoms with van der Waals surface area (Å²) >= 11 is 0.486. The Balaban J connectivity index is 2.56. The average Bonchev–Trinajstić information content (AvgIpc) is 1.85. The van der Waals surface area contributed by atoms with Crippen molar-refractivity contribution >= 4 is 19.7 Å². The van der Waals surface area contributed by atoms with Gasteiger partial charge in [-0.05, 0) is 0 Å². The zero-order valence-electron chi connectivity index (χ0n) is 5.09. The van der Waals surface area contributed by atoms with Gasteiger partial charge < -0.3 is 0 Å². The minimum atomic E-state index is 0.481. The summed E-state index contributed by atoms with van der Waals surface area (Å²) in [4.78, 5) is 4.92. The molecular weight excluding hydrogens is 167 g/mol. The molecule has 2 unspecified atom stereocenters. The van der Waals surface area contributed by atoms with Crippen LogP contribution in [0.5, 0.6) is 0 Å². The summed E-state index contributed by atoms with van der Waals surface area (Å²) in [5.41, 5.74) is 5.49. The summed E-state index contributed by atoms with van der Waals surface area (Å²) in [5, 5.41) is 0. The first kappa shape index (κ1) is 6.11. The fourth-order valence-electron chi connectivity index (χ4n) is 0.625. The van der Waals surface area contributed by atoms with Crippen LogP contribution in [0.15, 0.2) is 4.99 Å².